The second kappa shape index (κ2) is 12.4. The molecule has 0 aliphatic heterocycles. The van der Waals surface area contributed by atoms with Crippen LogP contribution >= 0.6 is 7.82 Å². The van der Waals surface area contributed by atoms with Crippen LogP contribution in [0.25, 0.3) is 0 Å². The van der Waals surface area contributed by atoms with Crippen molar-refractivity contribution < 1.29 is 42.1 Å². The molecule has 0 aromatic heterocycles. The van der Waals surface area contributed by atoms with Crippen molar-refractivity contribution in [1.82, 2.24) is 0 Å². The van der Waals surface area contributed by atoms with Gasteiger partial charge in [-0.05, 0) is 6.42 Å². The van der Waals surface area contributed by atoms with Crippen LogP contribution in [0, 0.1) is 0 Å². The zero-order chi connectivity index (χ0) is 20.2. The van der Waals surface area contributed by atoms with Crippen LogP contribution < -0.4 is 0 Å². The van der Waals surface area contributed by atoms with Gasteiger partial charge in [-0.25, -0.2) is 4.57 Å². The Hall–Kier alpha value is -0.990. The molecule has 1 unspecified atom stereocenters. The number of hydrogen-bond donors (Lipinski definition) is 1. The fraction of sp³-hybridized carbons (Fsp3) is 0.875. The normalized spacial score (nSPS) is 15.2. The van der Waals surface area contributed by atoms with E-state index in [-0.39, 0.29) is 19.6 Å². The molecule has 0 bridgehead atoms. The number of carbonyl (C=O) groups is 2. The van der Waals surface area contributed by atoms with E-state index in [0.29, 0.717) is 17.4 Å². The van der Waals surface area contributed by atoms with Crippen molar-refractivity contribution in [1.29, 1.82) is 0 Å². The van der Waals surface area contributed by atoms with Gasteiger partial charge in [-0.2, -0.15) is 0 Å². The minimum absolute atomic E-state index is 0.0305. The van der Waals surface area contributed by atoms with Crippen molar-refractivity contribution >= 4 is 19.8 Å². The van der Waals surface area contributed by atoms with E-state index in [1.807, 2.05) is 28.1 Å². The molecule has 0 amide bonds. The van der Waals surface area contributed by atoms with Crippen LogP contribution in [0.3, 0.4) is 0 Å². The monoisotopic (exact) mass is 398 g/mol. The fourth-order valence-electron chi connectivity index (χ4n) is 1.74. The molecule has 0 heterocycles. The molecule has 1 N–H and O–H groups in total. The van der Waals surface area contributed by atoms with Gasteiger partial charge in [-0.1, -0.05) is 19.8 Å². The molecule has 2 atom stereocenters. The third-order valence-electron chi connectivity index (χ3n) is 3.20. The topological polar surface area (TPSA) is 108 Å². The van der Waals surface area contributed by atoms with E-state index in [9.17, 15) is 19.0 Å². The smallest absolute Gasteiger partial charge is 0.462 e. The molecule has 0 fully saturated rings. The van der Waals surface area contributed by atoms with Crippen LogP contribution in [-0.2, 0) is 32.7 Å². The number of rotatable bonds is 14. The summed E-state index contributed by atoms with van der Waals surface area (Å²) in [6, 6.07) is 0. The molecule has 9 nitrogen and oxygen atoms in total. The number of carbonyl (C=O) groups excluding carboxylic acids is 2. The number of likely N-dealkylation sites (N-methyl/N-ethyl adjacent to an activating group) is 1. The van der Waals surface area contributed by atoms with E-state index in [1.165, 1.54) is 6.92 Å². The summed E-state index contributed by atoms with van der Waals surface area (Å²) >= 11 is 0. The number of quaternary nitrogens is 1. The number of phosphoric acid groups is 1. The zero-order valence-electron chi connectivity index (χ0n) is 16.4. The lowest BCUT2D eigenvalue weighted by atomic mass is 10.2. The lowest BCUT2D eigenvalue weighted by molar-refractivity contribution is -0.870. The third-order valence-corrected chi connectivity index (χ3v) is 4.18. The first-order valence-electron chi connectivity index (χ1n) is 8.70. The van der Waals surface area contributed by atoms with Gasteiger partial charge in [-0.3, -0.25) is 18.6 Å². The summed E-state index contributed by atoms with van der Waals surface area (Å²) in [6.07, 6.45) is 1.79. The summed E-state index contributed by atoms with van der Waals surface area (Å²) in [5, 5.41) is 0. The Kier molecular flexibility index (Phi) is 11.9. The van der Waals surface area contributed by atoms with Gasteiger partial charge in [0, 0.05) is 13.3 Å². The largest absolute Gasteiger partial charge is 0.472 e. The first kappa shape index (κ1) is 25.0. The lowest BCUT2D eigenvalue weighted by Crippen LogP contribution is -2.37. The summed E-state index contributed by atoms with van der Waals surface area (Å²) in [6.45, 7) is 3.10. The van der Waals surface area contributed by atoms with E-state index in [0.717, 1.165) is 12.8 Å². The van der Waals surface area contributed by atoms with Crippen molar-refractivity contribution in [3.63, 3.8) is 0 Å². The van der Waals surface area contributed by atoms with E-state index < -0.39 is 32.5 Å². The average Bonchev–Trinajstić information content (AvgIpc) is 2.48. The van der Waals surface area contributed by atoms with Crippen LogP contribution in [0.5, 0.6) is 0 Å². The molecule has 0 aliphatic rings. The van der Waals surface area contributed by atoms with Crippen molar-refractivity contribution in [3.05, 3.63) is 0 Å². The van der Waals surface area contributed by atoms with Gasteiger partial charge < -0.3 is 18.9 Å². The fourth-order valence-corrected chi connectivity index (χ4v) is 2.48. The Morgan fingerprint density at radius 1 is 1.12 bits per heavy atom. The summed E-state index contributed by atoms with van der Waals surface area (Å²) in [5.41, 5.74) is 0. The summed E-state index contributed by atoms with van der Waals surface area (Å²) < 4.78 is 32.2. The van der Waals surface area contributed by atoms with Gasteiger partial charge in [0.15, 0.2) is 6.10 Å². The maximum absolute atomic E-state index is 11.9. The van der Waals surface area contributed by atoms with Gasteiger partial charge in [0.25, 0.3) is 0 Å². The number of phosphoric ester groups is 1. The Bertz CT molecular complexity index is 477. The van der Waals surface area contributed by atoms with Crippen molar-refractivity contribution in [2.24, 2.45) is 0 Å². The first-order valence-corrected chi connectivity index (χ1v) is 10.2. The molecule has 0 aliphatic carbocycles. The molecular weight excluding hydrogens is 365 g/mol. The Morgan fingerprint density at radius 3 is 2.31 bits per heavy atom. The molecule has 0 saturated carbocycles. The summed E-state index contributed by atoms with van der Waals surface area (Å²) in [5.74, 6) is -1.03. The van der Waals surface area contributed by atoms with Crippen molar-refractivity contribution in [2.75, 3.05) is 47.5 Å². The predicted molar refractivity (Wildman–Crippen MR) is 95.3 cm³/mol. The molecule has 0 rings (SSSR count). The molecule has 10 heteroatoms. The van der Waals surface area contributed by atoms with Gasteiger partial charge in [0.05, 0.1) is 27.7 Å². The Labute approximate surface area is 155 Å². The van der Waals surface area contributed by atoms with Crippen molar-refractivity contribution in [2.45, 2.75) is 45.6 Å². The highest BCUT2D eigenvalue weighted by Gasteiger charge is 2.26. The second-order valence-electron chi connectivity index (χ2n) is 6.98. The summed E-state index contributed by atoms with van der Waals surface area (Å²) in [7, 11) is 1.46. The number of hydrogen-bond acceptors (Lipinski definition) is 7. The van der Waals surface area contributed by atoms with Crippen LogP contribution in [0.2, 0.25) is 0 Å². The molecular formula is C16H33NO8P+. The van der Waals surface area contributed by atoms with E-state index in [1.54, 1.807) is 0 Å². The van der Waals surface area contributed by atoms with Crippen LogP contribution in [0.15, 0.2) is 0 Å². The van der Waals surface area contributed by atoms with Crippen molar-refractivity contribution in [3.8, 4) is 0 Å². The summed E-state index contributed by atoms with van der Waals surface area (Å²) in [4.78, 5) is 32.4. The molecule has 0 radical (unpaired) electrons. The number of esters is 2. The van der Waals surface area contributed by atoms with Crippen LogP contribution in [-0.4, -0.2) is 74.9 Å². The van der Waals surface area contributed by atoms with Crippen LogP contribution in [0.1, 0.15) is 39.5 Å². The van der Waals surface area contributed by atoms with Crippen LogP contribution in [0.4, 0.5) is 0 Å². The highest BCUT2D eigenvalue weighted by molar-refractivity contribution is 7.47. The van der Waals surface area contributed by atoms with E-state index >= 15 is 0 Å². The number of nitrogens with zero attached hydrogens (tertiary/aromatic N) is 1. The Morgan fingerprint density at radius 2 is 1.77 bits per heavy atom. The minimum Gasteiger partial charge on any atom is -0.462 e. The molecule has 0 aromatic carbocycles. The highest BCUT2D eigenvalue weighted by Crippen LogP contribution is 2.43. The molecule has 26 heavy (non-hydrogen) atoms. The molecule has 154 valence electrons. The van der Waals surface area contributed by atoms with Gasteiger partial charge in [-0.15, -0.1) is 0 Å². The van der Waals surface area contributed by atoms with Gasteiger partial charge >= 0.3 is 19.8 Å². The maximum Gasteiger partial charge on any atom is 0.472 e. The predicted octanol–water partition coefficient (Wildman–Crippen LogP) is 1.88. The quantitative estimate of drug-likeness (QED) is 0.204. The van der Waals surface area contributed by atoms with E-state index in [2.05, 4.69) is 0 Å². The minimum atomic E-state index is -4.29. The van der Waals surface area contributed by atoms with Gasteiger partial charge in [0.2, 0.25) is 0 Å². The first-order chi connectivity index (χ1) is 11.9. The Balaban J connectivity index is 4.48. The highest BCUT2D eigenvalue weighted by atomic mass is 31.2. The molecule has 0 saturated heterocycles. The molecule has 0 spiro atoms. The van der Waals surface area contributed by atoms with E-state index in [4.69, 9.17) is 18.5 Å². The zero-order valence-corrected chi connectivity index (χ0v) is 17.3. The number of ether oxygens (including phenoxy) is 2. The molecule has 0 aromatic rings. The maximum atomic E-state index is 11.9. The lowest BCUT2D eigenvalue weighted by Gasteiger charge is -2.24. The standard InChI is InChI=1S/C16H32NO8P/c1-6-7-8-9-16(19)25-15(12-22-14(2)18)13-24-26(20,21)23-11-10-17(3,4)5/h15H,6-13H2,1-5H3/p+1/t15-/m1/s1. The SMILES string of the molecule is CCCCCC(=O)O[C@H](COC(C)=O)COP(=O)(O)OCC[N+](C)(C)C. The average molecular weight is 398 g/mol. The second-order valence-corrected chi connectivity index (χ2v) is 8.44. The third kappa shape index (κ3) is 15.3. The van der Waals surface area contributed by atoms with Gasteiger partial charge in [0.1, 0.15) is 19.8 Å². The number of unbranched alkanes of at least 4 members (excludes halogenated alkanes) is 2.